The van der Waals surface area contributed by atoms with Gasteiger partial charge in [0.05, 0.1) is 18.5 Å². The van der Waals surface area contributed by atoms with E-state index in [1.54, 1.807) is 7.11 Å². The molecule has 1 saturated carbocycles. The maximum Gasteiger partial charge on any atom is 0.446 e. The number of phenols is 1. The van der Waals surface area contributed by atoms with Gasteiger partial charge in [-0.05, 0) is 73.5 Å². The van der Waals surface area contributed by atoms with Crippen molar-refractivity contribution in [2.24, 2.45) is 5.92 Å². The van der Waals surface area contributed by atoms with Crippen molar-refractivity contribution in [2.75, 3.05) is 19.0 Å². The first kappa shape index (κ1) is 23.4. The first-order chi connectivity index (χ1) is 15.8. The van der Waals surface area contributed by atoms with Gasteiger partial charge in [-0.1, -0.05) is 25.0 Å². The molecule has 3 N–H and O–H groups in total. The van der Waals surface area contributed by atoms with Gasteiger partial charge in [-0.3, -0.25) is 4.79 Å². The van der Waals surface area contributed by atoms with E-state index in [1.807, 2.05) is 24.3 Å². The second-order valence-electron chi connectivity index (χ2n) is 9.03. The lowest BCUT2D eigenvalue weighted by molar-refractivity contribution is -0.156. The SMILES string of the molecule is COc1ccccc1Nc1cc2c(cc1O)[C@]13CCCC[C@@H]1[C@H](C2)NCC3.O=CC(F)(F)F. The fourth-order valence-electron chi connectivity index (χ4n) is 5.96. The summed E-state index contributed by atoms with van der Waals surface area (Å²) in [5, 5.41) is 18.0. The zero-order chi connectivity index (χ0) is 23.6. The van der Waals surface area contributed by atoms with Gasteiger partial charge in [-0.25, -0.2) is 0 Å². The highest BCUT2D eigenvalue weighted by Crippen LogP contribution is 2.55. The second-order valence-corrected chi connectivity index (χ2v) is 9.03. The normalized spacial score (nSPS) is 25.6. The standard InChI is InChI=1S/C23H28N2O2.C2HF3O/c1-27-22-8-3-2-7-18(22)25-20-13-15-12-19-16-6-4-5-9-23(16,10-11-24-19)17(15)14-21(20)26;3-2(4,5)1-6/h2-3,7-8,13-14,16,19,24-26H,4-6,9-12H2,1H3;1H/t16-,19+,23+;/m1./s1. The third-order valence-corrected chi connectivity index (χ3v) is 7.27. The molecule has 2 aliphatic carbocycles. The van der Waals surface area contributed by atoms with E-state index in [2.05, 4.69) is 22.8 Å². The number of ether oxygens (including phenoxy) is 1. The van der Waals surface area contributed by atoms with Crippen LogP contribution in [0.3, 0.4) is 0 Å². The Morgan fingerprint density at radius 2 is 1.94 bits per heavy atom. The van der Waals surface area contributed by atoms with E-state index in [0.29, 0.717) is 11.8 Å². The molecular formula is C25H29F3N2O3. The molecule has 1 saturated heterocycles. The largest absolute Gasteiger partial charge is 0.506 e. The average molecular weight is 463 g/mol. The zero-order valence-electron chi connectivity index (χ0n) is 18.5. The van der Waals surface area contributed by atoms with Crippen LogP contribution in [0.2, 0.25) is 0 Å². The molecule has 33 heavy (non-hydrogen) atoms. The Labute approximate surface area is 191 Å². The zero-order valence-corrected chi connectivity index (χ0v) is 18.5. The maximum atomic E-state index is 10.9. The first-order valence-corrected chi connectivity index (χ1v) is 11.3. The maximum absolute atomic E-state index is 10.9. The number of para-hydroxylation sites is 2. The van der Waals surface area contributed by atoms with E-state index in [0.717, 1.165) is 36.0 Å². The summed E-state index contributed by atoms with van der Waals surface area (Å²) in [5.41, 5.74) is 4.70. The minimum atomic E-state index is -4.64. The molecule has 178 valence electrons. The summed E-state index contributed by atoms with van der Waals surface area (Å²) < 4.78 is 36.7. The van der Waals surface area contributed by atoms with E-state index < -0.39 is 12.5 Å². The number of hydrogen-bond donors (Lipinski definition) is 3. The Kier molecular flexibility index (Phi) is 6.56. The number of hydrogen-bond acceptors (Lipinski definition) is 5. The van der Waals surface area contributed by atoms with Crippen LogP contribution in [0.1, 0.15) is 43.2 Å². The lowest BCUT2D eigenvalue weighted by atomic mass is 9.53. The van der Waals surface area contributed by atoms with Gasteiger partial charge in [-0.2, -0.15) is 13.2 Å². The highest BCUT2D eigenvalue weighted by atomic mass is 19.4. The third kappa shape index (κ3) is 4.67. The van der Waals surface area contributed by atoms with Crippen LogP contribution in [0.5, 0.6) is 11.5 Å². The topological polar surface area (TPSA) is 70.6 Å². The molecule has 0 unspecified atom stereocenters. The number of alkyl halides is 3. The molecule has 2 aromatic carbocycles. The summed E-state index contributed by atoms with van der Waals surface area (Å²) in [6.07, 6.45) is 1.79. The fourth-order valence-corrected chi connectivity index (χ4v) is 5.96. The summed E-state index contributed by atoms with van der Waals surface area (Å²) in [6.45, 7) is 1.10. The Morgan fingerprint density at radius 3 is 2.67 bits per heavy atom. The van der Waals surface area contributed by atoms with Gasteiger partial charge in [0.2, 0.25) is 6.29 Å². The second kappa shape index (κ2) is 9.25. The molecule has 5 nitrogen and oxygen atoms in total. The number of aldehydes is 1. The number of rotatable bonds is 3. The van der Waals surface area contributed by atoms with Crippen LogP contribution in [-0.2, 0) is 16.6 Å². The number of nitrogens with one attached hydrogen (secondary N) is 2. The molecule has 5 rings (SSSR count). The van der Waals surface area contributed by atoms with Crippen molar-refractivity contribution in [3.63, 3.8) is 0 Å². The number of phenolic OH excluding ortho intramolecular Hbond substituents is 1. The number of anilines is 2. The minimum absolute atomic E-state index is 0.266. The van der Waals surface area contributed by atoms with Crippen LogP contribution in [0.25, 0.3) is 0 Å². The molecule has 8 heteroatoms. The van der Waals surface area contributed by atoms with Crippen LogP contribution in [0, 0.1) is 5.92 Å². The van der Waals surface area contributed by atoms with E-state index in [4.69, 9.17) is 9.53 Å². The fraction of sp³-hybridized carbons (Fsp3) is 0.480. The average Bonchev–Trinajstić information content (AvgIpc) is 2.80. The van der Waals surface area contributed by atoms with E-state index in [9.17, 15) is 18.3 Å². The summed E-state index contributed by atoms with van der Waals surface area (Å²) in [6, 6.07) is 12.6. The quantitative estimate of drug-likeness (QED) is 0.430. The Morgan fingerprint density at radius 1 is 1.18 bits per heavy atom. The number of aromatic hydroxyl groups is 1. The Bertz CT molecular complexity index is 1010. The molecular weight excluding hydrogens is 433 g/mol. The van der Waals surface area contributed by atoms with Crippen molar-refractivity contribution in [3.05, 3.63) is 47.5 Å². The third-order valence-electron chi connectivity index (χ3n) is 7.27. The van der Waals surface area contributed by atoms with Crippen LogP contribution < -0.4 is 15.4 Å². The Hall–Kier alpha value is -2.74. The van der Waals surface area contributed by atoms with Gasteiger partial charge in [0, 0.05) is 11.5 Å². The van der Waals surface area contributed by atoms with E-state index >= 15 is 0 Å². The molecule has 2 fully saturated rings. The number of benzene rings is 2. The summed E-state index contributed by atoms with van der Waals surface area (Å²) in [5.74, 6) is 1.84. The summed E-state index contributed by atoms with van der Waals surface area (Å²) in [4.78, 5) is 8.70. The van der Waals surface area contributed by atoms with Crippen molar-refractivity contribution in [3.8, 4) is 11.5 Å². The van der Waals surface area contributed by atoms with Gasteiger partial charge in [0.1, 0.15) is 11.5 Å². The van der Waals surface area contributed by atoms with Gasteiger partial charge in [0.15, 0.2) is 0 Å². The molecule has 0 aromatic heterocycles. The molecule has 3 atom stereocenters. The Balaban J connectivity index is 0.000000385. The molecule has 0 radical (unpaired) electrons. The van der Waals surface area contributed by atoms with Crippen LogP contribution in [0.4, 0.5) is 24.5 Å². The number of carbonyl (C=O) groups is 1. The highest BCUT2D eigenvalue weighted by Gasteiger charge is 2.51. The van der Waals surface area contributed by atoms with Crippen LogP contribution in [0.15, 0.2) is 36.4 Å². The van der Waals surface area contributed by atoms with Crippen LogP contribution >= 0.6 is 0 Å². The smallest absolute Gasteiger partial charge is 0.446 e. The number of methoxy groups -OCH3 is 1. The van der Waals surface area contributed by atoms with Gasteiger partial charge < -0.3 is 20.5 Å². The molecule has 1 aliphatic heterocycles. The first-order valence-electron chi connectivity index (χ1n) is 11.3. The lowest BCUT2D eigenvalue weighted by Crippen LogP contribution is -2.59. The van der Waals surface area contributed by atoms with Gasteiger partial charge in [0.25, 0.3) is 0 Å². The summed E-state index contributed by atoms with van der Waals surface area (Å²) >= 11 is 0. The predicted molar refractivity (Wildman–Crippen MR) is 120 cm³/mol. The minimum Gasteiger partial charge on any atom is -0.506 e. The molecule has 0 spiro atoms. The van der Waals surface area contributed by atoms with Gasteiger partial charge >= 0.3 is 6.18 Å². The van der Waals surface area contributed by atoms with E-state index in [-0.39, 0.29) is 5.41 Å². The molecule has 1 heterocycles. The van der Waals surface area contributed by atoms with Crippen molar-refractivity contribution >= 4 is 17.7 Å². The highest BCUT2D eigenvalue weighted by molar-refractivity contribution is 5.72. The van der Waals surface area contributed by atoms with Gasteiger partial charge in [-0.15, -0.1) is 0 Å². The monoisotopic (exact) mass is 462 g/mol. The number of halogens is 3. The lowest BCUT2D eigenvalue weighted by Gasteiger charge is -2.56. The summed E-state index contributed by atoms with van der Waals surface area (Å²) in [7, 11) is 1.67. The molecule has 3 aliphatic rings. The van der Waals surface area contributed by atoms with Crippen molar-refractivity contribution in [2.45, 2.75) is 56.2 Å². The molecule has 2 bridgehead atoms. The van der Waals surface area contributed by atoms with E-state index in [1.165, 1.54) is 43.2 Å². The number of carbonyl (C=O) groups excluding carboxylic acids is 1. The number of piperidine rings is 1. The van der Waals surface area contributed by atoms with Crippen molar-refractivity contribution in [1.82, 2.24) is 5.32 Å². The van der Waals surface area contributed by atoms with Crippen LogP contribution in [-0.4, -0.2) is 37.3 Å². The van der Waals surface area contributed by atoms with Crippen molar-refractivity contribution < 1.29 is 27.8 Å². The number of fused-ring (bicyclic) bond motifs is 1. The predicted octanol–water partition coefficient (Wildman–Crippen LogP) is 5.24. The molecule has 0 amide bonds. The van der Waals surface area contributed by atoms with Crippen molar-refractivity contribution in [1.29, 1.82) is 0 Å². The molecule has 2 aromatic rings.